The lowest BCUT2D eigenvalue weighted by Crippen LogP contribution is -2.41. The van der Waals surface area contributed by atoms with Gasteiger partial charge in [0.2, 0.25) is 0 Å². The lowest BCUT2D eigenvalue weighted by atomic mass is 9.80. The summed E-state index contributed by atoms with van der Waals surface area (Å²) in [5.74, 6) is 1.12. The first-order valence-electron chi connectivity index (χ1n) is 17.7. The van der Waals surface area contributed by atoms with Crippen molar-refractivity contribution in [3.63, 3.8) is 0 Å². The molecule has 1 fully saturated rings. The molecule has 0 aliphatic carbocycles. The minimum absolute atomic E-state index is 0.108. The van der Waals surface area contributed by atoms with Crippen LogP contribution in [-0.2, 0) is 31.0 Å². The van der Waals surface area contributed by atoms with E-state index in [4.69, 9.17) is 28.4 Å². The number of hydrogen-bond donors (Lipinski definition) is 2. The molecule has 12 heteroatoms. The number of hydrogen-bond acceptors (Lipinski definition) is 10. The largest absolute Gasteiger partial charge is 0.497 e. The number of carbonyl (C=O) groups excluding carboxylic acids is 1. The molecule has 0 bridgehead atoms. The normalized spacial score (nSPS) is 18.3. The lowest BCUT2D eigenvalue weighted by molar-refractivity contribution is -0.0994. The Labute approximate surface area is 314 Å². The predicted octanol–water partition coefficient (Wildman–Crippen LogP) is 5.37. The molecule has 12 nitrogen and oxygen atoms in total. The van der Waals surface area contributed by atoms with E-state index in [1.807, 2.05) is 91.9 Å². The maximum absolute atomic E-state index is 13.7. The van der Waals surface area contributed by atoms with E-state index < -0.39 is 41.7 Å². The zero-order chi connectivity index (χ0) is 38.1. The molecule has 1 aliphatic heterocycles. The van der Waals surface area contributed by atoms with Crippen LogP contribution < -0.4 is 20.5 Å². The summed E-state index contributed by atoms with van der Waals surface area (Å²) in [5, 5.41) is 14.6. The van der Waals surface area contributed by atoms with Crippen molar-refractivity contribution in [1.82, 2.24) is 9.55 Å². The van der Waals surface area contributed by atoms with Crippen molar-refractivity contribution in [2.45, 2.75) is 43.5 Å². The Morgan fingerprint density at radius 2 is 1.41 bits per heavy atom. The summed E-state index contributed by atoms with van der Waals surface area (Å²) in [6, 6.07) is 33.7. The summed E-state index contributed by atoms with van der Waals surface area (Å²) in [7, 11) is 4.77. The Kier molecular flexibility index (Phi) is 12.5. The summed E-state index contributed by atoms with van der Waals surface area (Å²) in [6.45, 7) is 2.16. The molecule has 1 aliphatic rings. The van der Waals surface area contributed by atoms with E-state index in [0.717, 1.165) is 16.7 Å². The zero-order valence-electron chi connectivity index (χ0n) is 30.7. The van der Waals surface area contributed by atoms with Crippen molar-refractivity contribution in [2.75, 3.05) is 46.5 Å². The van der Waals surface area contributed by atoms with Crippen LogP contribution in [0.25, 0.3) is 0 Å². The molecule has 1 saturated heterocycles. The molecule has 1 aromatic heterocycles. The average molecular weight is 736 g/mol. The van der Waals surface area contributed by atoms with Gasteiger partial charge in [0, 0.05) is 24.4 Å². The monoisotopic (exact) mass is 735 g/mol. The molecular weight excluding hydrogens is 690 g/mol. The molecule has 4 aromatic carbocycles. The van der Waals surface area contributed by atoms with Crippen molar-refractivity contribution >= 4 is 11.7 Å². The van der Waals surface area contributed by atoms with Gasteiger partial charge in [0.25, 0.3) is 5.91 Å². The van der Waals surface area contributed by atoms with Crippen molar-refractivity contribution in [3.05, 3.63) is 154 Å². The Morgan fingerprint density at radius 3 is 1.96 bits per heavy atom. The molecule has 0 spiro atoms. The van der Waals surface area contributed by atoms with Crippen molar-refractivity contribution in [1.29, 1.82) is 0 Å². The molecule has 1 amide bonds. The molecule has 2 N–H and O–H groups in total. The highest BCUT2D eigenvalue weighted by molar-refractivity contribution is 6.04. The molecule has 6 rings (SSSR count). The minimum atomic E-state index is -1.22. The third-order valence-corrected chi connectivity index (χ3v) is 9.50. The van der Waals surface area contributed by atoms with Gasteiger partial charge in [0.05, 0.1) is 34.0 Å². The van der Waals surface area contributed by atoms with E-state index in [1.54, 1.807) is 51.8 Å². The number of ether oxygens (including phenoxy) is 6. The van der Waals surface area contributed by atoms with Crippen LogP contribution in [0.3, 0.4) is 0 Å². The van der Waals surface area contributed by atoms with Gasteiger partial charge in [-0.1, -0.05) is 79.7 Å². The molecule has 5 aromatic rings. The van der Waals surface area contributed by atoms with E-state index in [1.165, 1.54) is 4.57 Å². The Hall–Kier alpha value is -5.37. The third kappa shape index (κ3) is 8.08. The van der Waals surface area contributed by atoms with Crippen LogP contribution >= 0.6 is 0 Å². The zero-order valence-corrected chi connectivity index (χ0v) is 30.7. The fourth-order valence-corrected chi connectivity index (χ4v) is 6.64. The van der Waals surface area contributed by atoms with Crippen LogP contribution in [0.4, 0.5) is 5.82 Å². The minimum Gasteiger partial charge on any atom is -0.497 e. The number of rotatable bonds is 16. The maximum Gasteiger partial charge on any atom is 0.351 e. The fraction of sp³-hybridized carbons (Fsp3) is 0.310. The Balaban J connectivity index is 1.36. The predicted molar refractivity (Wildman–Crippen MR) is 202 cm³/mol. The fourth-order valence-electron chi connectivity index (χ4n) is 6.64. The number of amides is 1. The number of methoxy groups -OCH3 is 3. The number of nitrogens with zero attached hydrogens (tertiary/aromatic N) is 2. The van der Waals surface area contributed by atoms with Gasteiger partial charge in [-0.15, -0.1) is 0 Å². The second kappa shape index (κ2) is 17.6. The van der Waals surface area contributed by atoms with Gasteiger partial charge >= 0.3 is 5.69 Å². The van der Waals surface area contributed by atoms with Crippen LogP contribution in [0, 0.1) is 0 Å². The van der Waals surface area contributed by atoms with E-state index in [9.17, 15) is 14.7 Å². The maximum atomic E-state index is 13.7. The Morgan fingerprint density at radius 1 is 0.833 bits per heavy atom. The van der Waals surface area contributed by atoms with Crippen LogP contribution in [0.15, 0.2) is 120 Å². The van der Waals surface area contributed by atoms with Crippen molar-refractivity contribution in [2.24, 2.45) is 0 Å². The summed E-state index contributed by atoms with van der Waals surface area (Å²) in [5.41, 5.74) is 1.59. The molecular formula is C42H45N3O9. The van der Waals surface area contributed by atoms with Gasteiger partial charge < -0.3 is 38.8 Å². The molecule has 54 heavy (non-hydrogen) atoms. The number of carbonyl (C=O) groups is 1. The highest BCUT2D eigenvalue weighted by Crippen LogP contribution is 2.43. The summed E-state index contributed by atoms with van der Waals surface area (Å²) >= 11 is 0. The van der Waals surface area contributed by atoms with Crippen LogP contribution in [0.1, 0.15) is 45.8 Å². The first-order chi connectivity index (χ1) is 26.3. The number of aryl methyl sites for hydroxylation is 1. The number of aliphatic hydroxyl groups excluding tert-OH is 1. The van der Waals surface area contributed by atoms with Gasteiger partial charge in [-0.3, -0.25) is 9.36 Å². The standard InChI is InChI=1S/C42H45N3O9/c1-5-28-26-45(41(48)44-38(28)43-39(47)29-12-8-6-9-13-29)40-37(52-25-24-49-2)36(46)35(54-40)27-53-42(30-14-10-7-11-15-30,31-16-20-33(50-3)21-17-31)32-18-22-34(51-4)23-19-32/h6-23,26,35-37,40,46H,5,24-25,27H2,1-4H3,(H,43,44,47,48)/t35-,36-,37-,40-/m1/s1. The van der Waals surface area contributed by atoms with E-state index in [-0.39, 0.29) is 25.6 Å². The van der Waals surface area contributed by atoms with Gasteiger partial charge in [0.1, 0.15) is 41.2 Å². The highest BCUT2D eigenvalue weighted by Gasteiger charge is 2.48. The molecule has 0 radical (unpaired) electrons. The van der Waals surface area contributed by atoms with E-state index in [2.05, 4.69) is 10.3 Å². The summed E-state index contributed by atoms with van der Waals surface area (Å²) < 4.78 is 37.1. The van der Waals surface area contributed by atoms with E-state index in [0.29, 0.717) is 29.0 Å². The summed E-state index contributed by atoms with van der Waals surface area (Å²) in [6.07, 6.45) is -2.21. The smallest absolute Gasteiger partial charge is 0.351 e. The highest BCUT2D eigenvalue weighted by atomic mass is 16.6. The molecule has 4 atom stereocenters. The molecule has 0 saturated carbocycles. The Bertz CT molecular complexity index is 1980. The second-order valence-electron chi connectivity index (χ2n) is 12.7. The second-order valence-corrected chi connectivity index (χ2v) is 12.7. The van der Waals surface area contributed by atoms with Gasteiger partial charge in [0.15, 0.2) is 6.23 Å². The molecule has 0 unspecified atom stereocenters. The van der Waals surface area contributed by atoms with Gasteiger partial charge in [-0.05, 0) is 59.5 Å². The topological polar surface area (TPSA) is 140 Å². The number of aliphatic hydroxyl groups is 1. The van der Waals surface area contributed by atoms with Crippen LogP contribution in [0.2, 0.25) is 0 Å². The summed E-state index contributed by atoms with van der Waals surface area (Å²) in [4.78, 5) is 30.9. The van der Waals surface area contributed by atoms with E-state index >= 15 is 0 Å². The first-order valence-corrected chi connectivity index (χ1v) is 17.7. The quantitative estimate of drug-likeness (QED) is 0.100. The number of anilines is 1. The lowest BCUT2D eigenvalue weighted by Gasteiger charge is -2.37. The number of benzene rings is 4. The number of nitrogens with one attached hydrogen (secondary N) is 1. The first kappa shape index (κ1) is 38.4. The van der Waals surface area contributed by atoms with Gasteiger partial charge in [-0.2, -0.15) is 4.98 Å². The number of aromatic nitrogens is 2. The van der Waals surface area contributed by atoms with Gasteiger partial charge in [-0.25, -0.2) is 4.79 Å². The third-order valence-electron chi connectivity index (χ3n) is 9.50. The van der Waals surface area contributed by atoms with Crippen molar-refractivity contribution in [3.8, 4) is 11.5 Å². The van der Waals surface area contributed by atoms with Crippen LogP contribution in [0.5, 0.6) is 11.5 Å². The van der Waals surface area contributed by atoms with Crippen LogP contribution in [-0.4, -0.2) is 80.0 Å². The van der Waals surface area contributed by atoms with Crippen molar-refractivity contribution < 1.29 is 38.3 Å². The molecule has 2 heterocycles. The average Bonchev–Trinajstić information content (AvgIpc) is 3.53. The molecule has 282 valence electrons. The SMILES string of the molecule is CCc1cn([C@@H]2O[C@H](COC(c3ccccc3)(c3ccc(OC)cc3)c3ccc(OC)cc3)[C@@H](O)[C@H]2OCCOC)c(=O)nc1NC(=O)c1ccccc1.